The highest BCUT2D eigenvalue weighted by atomic mass is 16.4. The van der Waals surface area contributed by atoms with Crippen molar-refractivity contribution in [3.05, 3.63) is 24.3 Å². The standard InChI is InChI=1S/C15H21N3O4/c1-15(2,13(20)21)9-12(19)16-10-6-5-7-11(8-10)17-14(22)18(3)4/h5-8H,9H2,1-4H3,(H,16,19)(H,17,22)(H,20,21). The van der Waals surface area contributed by atoms with E-state index >= 15 is 0 Å². The maximum atomic E-state index is 11.9. The Morgan fingerprint density at radius 2 is 1.68 bits per heavy atom. The first-order valence-corrected chi connectivity index (χ1v) is 6.73. The van der Waals surface area contributed by atoms with Crippen LogP contribution in [0.25, 0.3) is 0 Å². The minimum Gasteiger partial charge on any atom is -0.481 e. The van der Waals surface area contributed by atoms with E-state index in [1.165, 1.54) is 18.7 Å². The van der Waals surface area contributed by atoms with E-state index in [1.54, 1.807) is 38.4 Å². The van der Waals surface area contributed by atoms with Gasteiger partial charge in [0.25, 0.3) is 0 Å². The molecule has 0 heterocycles. The second-order valence-corrected chi connectivity index (χ2v) is 5.82. The number of carbonyl (C=O) groups is 3. The molecule has 0 atom stereocenters. The molecule has 1 rings (SSSR count). The fraction of sp³-hybridized carbons (Fsp3) is 0.400. The Kier molecular flexibility index (Phi) is 5.50. The monoisotopic (exact) mass is 307 g/mol. The fourth-order valence-electron chi connectivity index (χ4n) is 1.59. The summed E-state index contributed by atoms with van der Waals surface area (Å²) >= 11 is 0. The summed E-state index contributed by atoms with van der Waals surface area (Å²) in [6.07, 6.45) is -0.142. The largest absolute Gasteiger partial charge is 0.481 e. The smallest absolute Gasteiger partial charge is 0.321 e. The van der Waals surface area contributed by atoms with Crippen LogP contribution in [0, 0.1) is 5.41 Å². The van der Waals surface area contributed by atoms with Crippen molar-refractivity contribution in [2.75, 3.05) is 24.7 Å². The Morgan fingerprint density at radius 3 is 2.18 bits per heavy atom. The average molecular weight is 307 g/mol. The number of anilines is 2. The number of nitrogens with zero attached hydrogens (tertiary/aromatic N) is 1. The molecular formula is C15H21N3O4. The summed E-state index contributed by atoms with van der Waals surface area (Å²) < 4.78 is 0. The molecule has 0 aromatic heterocycles. The van der Waals surface area contributed by atoms with Gasteiger partial charge < -0.3 is 20.6 Å². The van der Waals surface area contributed by atoms with Crippen LogP contribution >= 0.6 is 0 Å². The first-order chi connectivity index (χ1) is 10.1. The predicted octanol–water partition coefficient (Wildman–Crippen LogP) is 2.22. The summed E-state index contributed by atoms with van der Waals surface area (Å²) in [5.74, 6) is -1.43. The first-order valence-electron chi connectivity index (χ1n) is 6.73. The summed E-state index contributed by atoms with van der Waals surface area (Å²) in [6, 6.07) is 6.36. The van der Waals surface area contributed by atoms with Crippen LogP contribution in [0.1, 0.15) is 20.3 Å². The van der Waals surface area contributed by atoms with E-state index in [9.17, 15) is 14.4 Å². The lowest BCUT2D eigenvalue weighted by Gasteiger charge is -2.18. The van der Waals surface area contributed by atoms with Crippen LogP contribution in [0.15, 0.2) is 24.3 Å². The number of hydrogen-bond donors (Lipinski definition) is 3. The van der Waals surface area contributed by atoms with Crippen LogP contribution in [0.5, 0.6) is 0 Å². The van der Waals surface area contributed by atoms with E-state index < -0.39 is 17.3 Å². The van der Waals surface area contributed by atoms with Gasteiger partial charge in [-0.2, -0.15) is 0 Å². The van der Waals surface area contributed by atoms with Crippen molar-refractivity contribution in [3.8, 4) is 0 Å². The Morgan fingerprint density at radius 1 is 1.14 bits per heavy atom. The van der Waals surface area contributed by atoms with E-state index in [1.807, 2.05) is 0 Å². The highest BCUT2D eigenvalue weighted by molar-refractivity contribution is 5.95. The Balaban J connectivity index is 2.72. The summed E-state index contributed by atoms with van der Waals surface area (Å²) in [5, 5.41) is 14.3. The van der Waals surface area contributed by atoms with Crippen LogP contribution in [0.4, 0.5) is 16.2 Å². The van der Waals surface area contributed by atoms with Crippen molar-refractivity contribution in [2.45, 2.75) is 20.3 Å². The zero-order valence-corrected chi connectivity index (χ0v) is 13.1. The number of nitrogens with one attached hydrogen (secondary N) is 2. The molecule has 0 fully saturated rings. The predicted molar refractivity (Wildman–Crippen MR) is 83.8 cm³/mol. The van der Waals surface area contributed by atoms with Crippen molar-refractivity contribution in [2.24, 2.45) is 5.41 Å². The van der Waals surface area contributed by atoms with Gasteiger partial charge in [0.05, 0.1) is 5.41 Å². The number of carboxylic acids is 1. The molecule has 120 valence electrons. The van der Waals surface area contributed by atoms with Crippen molar-refractivity contribution in [1.29, 1.82) is 0 Å². The second-order valence-electron chi connectivity index (χ2n) is 5.82. The van der Waals surface area contributed by atoms with E-state index in [4.69, 9.17) is 5.11 Å². The van der Waals surface area contributed by atoms with Crippen molar-refractivity contribution < 1.29 is 19.5 Å². The number of amides is 3. The topological polar surface area (TPSA) is 98.7 Å². The van der Waals surface area contributed by atoms with Crippen LogP contribution in [-0.4, -0.2) is 42.0 Å². The number of hydrogen-bond acceptors (Lipinski definition) is 3. The first kappa shape index (κ1) is 17.5. The lowest BCUT2D eigenvalue weighted by atomic mass is 9.89. The fourth-order valence-corrected chi connectivity index (χ4v) is 1.59. The number of carboxylic acid groups (broad SMARTS) is 1. The molecule has 0 saturated heterocycles. The van der Waals surface area contributed by atoms with Gasteiger partial charge in [-0.1, -0.05) is 6.07 Å². The summed E-state index contributed by atoms with van der Waals surface area (Å²) in [6.45, 7) is 2.98. The van der Waals surface area contributed by atoms with Crippen LogP contribution in [0.3, 0.4) is 0 Å². The molecule has 0 spiro atoms. The molecule has 0 aliphatic rings. The van der Waals surface area contributed by atoms with Crippen LogP contribution in [0.2, 0.25) is 0 Å². The molecule has 3 N–H and O–H groups in total. The molecule has 0 bridgehead atoms. The highest BCUT2D eigenvalue weighted by Crippen LogP contribution is 2.22. The minimum atomic E-state index is -1.14. The lowest BCUT2D eigenvalue weighted by Crippen LogP contribution is -2.29. The normalized spacial score (nSPS) is 10.7. The third-order valence-electron chi connectivity index (χ3n) is 2.99. The van der Waals surface area contributed by atoms with Gasteiger partial charge in [-0.3, -0.25) is 9.59 Å². The maximum Gasteiger partial charge on any atom is 0.321 e. The van der Waals surface area contributed by atoms with Gasteiger partial charge in [-0.25, -0.2) is 4.79 Å². The van der Waals surface area contributed by atoms with E-state index in [-0.39, 0.29) is 12.5 Å². The molecule has 3 amide bonds. The van der Waals surface area contributed by atoms with Crippen molar-refractivity contribution >= 4 is 29.3 Å². The number of rotatable bonds is 5. The minimum absolute atomic E-state index is 0.142. The molecule has 1 aromatic rings. The SMILES string of the molecule is CN(C)C(=O)Nc1cccc(NC(=O)CC(C)(C)C(=O)O)c1. The summed E-state index contributed by atoms with van der Waals surface area (Å²) in [5.41, 5.74) is -0.113. The molecule has 0 aliphatic heterocycles. The van der Waals surface area contributed by atoms with Crippen molar-refractivity contribution in [3.63, 3.8) is 0 Å². The molecule has 0 unspecified atom stereocenters. The van der Waals surface area contributed by atoms with Crippen molar-refractivity contribution in [1.82, 2.24) is 4.90 Å². The van der Waals surface area contributed by atoms with Gasteiger partial charge in [0.15, 0.2) is 0 Å². The Bertz CT molecular complexity index is 582. The molecule has 7 nitrogen and oxygen atoms in total. The number of aliphatic carboxylic acids is 1. The van der Waals surface area contributed by atoms with Gasteiger partial charge in [-0.05, 0) is 32.0 Å². The number of carbonyl (C=O) groups excluding carboxylic acids is 2. The molecule has 22 heavy (non-hydrogen) atoms. The van der Waals surface area contributed by atoms with Gasteiger partial charge in [0.2, 0.25) is 5.91 Å². The summed E-state index contributed by atoms with van der Waals surface area (Å²) in [4.78, 5) is 35.9. The third kappa shape index (κ3) is 5.08. The average Bonchev–Trinajstić information content (AvgIpc) is 2.37. The molecule has 0 radical (unpaired) electrons. The molecule has 7 heteroatoms. The van der Waals surface area contributed by atoms with Gasteiger partial charge in [0.1, 0.15) is 0 Å². The van der Waals surface area contributed by atoms with Gasteiger partial charge >= 0.3 is 12.0 Å². The van der Waals surface area contributed by atoms with E-state index in [0.717, 1.165) is 0 Å². The second kappa shape index (κ2) is 6.93. The van der Waals surface area contributed by atoms with Gasteiger partial charge in [-0.15, -0.1) is 0 Å². The third-order valence-corrected chi connectivity index (χ3v) is 2.99. The Labute approximate surface area is 129 Å². The Hall–Kier alpha value is -2.57. The van der Waals surface area contributed by atoms with E-state index in [0.29, 0.717) is 11.4 Å². The maximum absolute atomic E-state index is 11.9. The number of urea groups is 1. The molecule has 0 aliphatic carbocycles. The lowest BCUT2D eigenvalue weighted by molar-refractivity contribution is -0.148. The molecular weight excluding hydrogens is 286 g/mol. The van der Waals surface area contributed by atoms with E-state index in [2.05, 4.69) is 10.6 Å². The summed E-state index contributed by atoms with van der Waals surface area (Å²) in [7, 11) is 3.24. The quantitative estimate of drug-likeness (QED) is 0.776. The van der Waals surface area contributed by atoms with Gasteiger partial charge in [0, 0.05) is 31.9 Å². The van der Waals surface area contributed by atoms with Crippen LogP contribution < -0.4 is 10.6 Å². The molecule has 1 aromatic carbocycles. The number of benzene rings is 1. The zero-order valence-electron chi connectivity index (χ0n) is 13.1. The zero-order chi connectivity index (χ0) is 16.9. The van der Waals surface area contributed by atoms with Crippen LogP contribution in [-0.2, 0) is 9.59 Å². The molecule has 0 saturated carbocycles. The highest BCUT2D eigenvalue weighted by Gasteiger charge is 2.30.